The number of sulfonamides is 1. The number of amides is 1. The number of anilines is 2. The average Bonchev–Trinajstić information content (AvgIpc) is 3.22. The number of nitrogens with zero attached hydrogens (tertiary/aromatic N) is 2. The molecule has 1 aromatic carbocycles. The summed E-state index contributed by atoms with van der Waals surface area (Å²) in [5.74, 6) is 0.658. The molecule has 0 spiro atoms. The molecule has 0 saturated heterocycles. The Balaban J connectivity index is 1.81. The Morgan fingerprint density at radius 2 is 1.81 bits per heavy atom. The van der Waals surface area contributed by atoms with Gasteiger partial charge in [-0.3, -0.25) is 4.79 Å². The first-order valence-electron chi connectivity index (χ1n) is 9.80. The summed E-state index contributed by atoms with van der Waals surface area (Å²) in [5.41, 5.74) is 2.63. The molecule has 150 valence electrons. The van der Waals surface area contributed by atoms with Crippen LogP contribution in [0.4, 0.5) is 11.4 Å². The van der Waals surface area contributed by atoms with E-state index in [0.717, 1.165) is 55.5 Å². The zero-order valence-corrected chi connectivity index (χ0v) is 17.4. The van der Waals surface area contributed by atoms with E-state index in [0.29, 0.717) is 19.0 Å². The van der Waals surface area contributed by atoms with Crippen molar-refractivity contribution in [1.82, 2.24) is 4.31 Å². The lowest BCUT2D eigenvalue weighted by Crippen LogP contribution is -2.32. The normalized spacial score (nSPS) is 18.1. The van der Waals surface area contributed by atoms with Crippen LogP contribution in [0.15, 0.2) is 18.2 Å². The maximum Gasteiger partial charge on any atom is 0.227 e. The van der Waals surface area contributed by atoms with Crippen molar-refractivity contribution < 1.29 is 13.2 Å². The molecule has 0 aliphatic heterocycles. The number of rotatable bonds is 8. The van der Waals surface area contributed by atoms with Crippen molar-refractivity contribution in [2.45, 2.75) is 45.1 Å². The minimum absolute atomic E-state index is 0.0778. The number of carbonyl (C=O) groups excluding carboxylic acids is 1. The predicted octanol–water partition coefficient (Wildman–Crippen LogP) is 3.05. The van der Waals surface area contributed by atoms with Crippen molar-refractivity contribution in [3.8, 4) is 0 Å². The summed E-state index contributed by atoms with van der Waals surface area (Å²) >= 11 is 0. The number of hydrogen-bond acceptors (Lipinski definition) is 4. The van der Waals surface area contributed by atoms with Gasteiger partial charge in [0.05, 0.1) is 6.26 Å². The highest BCUT2D eigenvalue weighted by molar-refractivity contribution is 7.88. The van der Waals surface area contributed by atoms with Gasteiger partial charge in [0.1, 0.15) is 0 Å². The molecule has 1 N–H and O–H groups in total. The molecule has 0 radical (unpaired) electrons. The minimum Gasteiger partial charge on any atom is -0.377 e. The fourth-order valence-electron chi connectivity index (χ4n) is 3.75. The van der Waals surface area contributed by atoms with Gasteiger partial charge in [0.15, 0.2) is 0 Å². The molecule has 0 aromatic heterocycles. The van der Waals surface area contributed by atoms with Gasteiger partial charge in [0.2, 0.25) is 15.9 Å². The van der Waals surface area contributed by atoms with Crippen LogP contribution in [-0.2, 0) is 21.4 Å². The maximum absolute atomic E-state index is 12.5. The summed E-state index contributed by atoms with van der Waals surface area (Å²) in [7, 11) is 0.609. The fraction of sp³-hybridized carbons (Fsp3) is 0.650. The van der Waals surface area contributed by atoms with E-state index in [1.165, 1.54) is 6.26 Å². The smallest absolute Gasteiger partial charge is 0.227 e. The molecular formula is C20H31N3O3S. The zero-order chi connectivity index (χ0) is 19.6. The first kappa shape index (κ1) is 20.1. The van der Waals surface area contributed by atoms with Crippen molar-refractivity contribution in [1.29, 1.82) is 0 Å². The molecular weight excluding hydrogens is 362 g/mol. The van der Waals surface area contributed by atoms with E-state index < -0.39 is 10.0 Å². The van der Waals surface area contributed by atoms with Gasteiger partial charge in [0.25, 0.3) is 0 Å². The SMILES string of the molecule is CN(C)c1ccc(NC(=O)C2CCCC2)cc1CN(CC1CC1)S(C)(=O)=O. The molecule has 0 heterocycles. The Morgan fingerprint density at radius 3 is 2.37 bits per heavy atom. The van der Waals surface area contributed by atoms with Crippen molar-refractivity contribution in [3.05, 3.63) is 23.8 Å². The third-order valence-corrected chi connectivity index (χ3v) is 6.75. The summed E-state index contributed by atoms with van der Waals surface area (Å²) < 4.78 is 26.1. The van der Waals surface area contributed by atoms with Crippen LogP contribution in [0.25, 0.3) is 0 Å². The largest absolute Gasteiger partial charge is 0.377 e. The number of carbonyl (C=O) groups is 1. The molecule has 0 bridgehead atoms. The second-order valence-corrected chi connectivity index (χ2v) is 10.2. The van der Waals surface area contributed by atoms with Crippen molar-refractivity contribution in [2.24, 2.45) is 11.8 Å². The van der Waals surface area contributed by atoms with Gasteiger partial charge in [-0.15, -0.1) is 0 Å². The monoisotopic (exact) mass is 393 g/mol. The van der Waals surface area contributed by atoms with E-state index >= 15 is 0 Å². The first-order chi connectivity index (χ1) is 12.7. The number of benzene rings is 1. The molecule has 3 rings (SSSR count). The summed E-state index contributed by atoms with van der Waals surface area (Å²) in [4.78, 5) is 14.4. The molecule has 2 saturated carbocycles. The minimum atomic E-state index is -3.28. The van der Waals surface area contributed by atoms with Crippen LogP contribution in [0.1, 0.15) is 44.1 Å². The van der Waals surface area contributed by atoms with E-state index in [2.05, 4.69) is 5.32 Å². The Morgan fingerprint density at radius 1 is 1.15 bits per heavy atom. The molecule has 27 heavy (non-hydrogen) atoms. The lowest BCUT2D eigenvalue weighted by atomic mass is 10.1. The second kappa shape index (κ2) is 8.19. The number of hydrogen-bond donors (Lipinski definition) is 1. The molecule has 2 fully saturated rings. The fourth-order valence-corrected chi connectivity index (χ4v) is 4.61. The standard InChI is InChI=1S/C20H31N3O3S/c1-22(2)19-11-10-18(21-20(24)16-6-4-5-7-16)12-17(19)14-23(27(3,25)26)13-15-8-9-15/h10-12,15-16H,4-9,13-14H2,1-3H3,(H,21,24). The highest BCUT2D eigenvalue weighted by Gasteiger charge is 2.29. The average molecular weight is 394 g/mol. The second-order valence-electron chi connectivity index (χ2n) is 8.21. The molecule has 1 amide bonds. The highest BCUT2D eigenvalue weighted by Crippen LogP contribution is 2.33. The number of nitrogens with one attached hydrogen (secondary N) is 1. The quantitative estimate of drug-likeness (QED) is 0.737. The molecule has 2 aliphatic carbocycles. The lowest BCUT2D eigenvalue weighted by molar-refractivity contribution is -0.119. The van der Waals surface area contributed by atoms with Crippen molar-refractivity contribution in [3.63, 3.8) is 0 Å². The molecule has 6 nitrogen and oxygen atoms in total. The van der Waals surface area contributed by atoms with Crippen LogP contribution in [0, 0.1) is 11.8 Å². The van der Waals surface area contributed by atoms with E-state index in [1.54, 1.807) is 4.31 Å². The van der Waals surface area contributed by atoms with Crippen molar-refractivity contribution >= 4 is 27.3 Å². The van der Waals surface area contributed by atoms with Gasteiger partial charge in [-0.05, 0) is 55.4 Å². The van der Waals surface area contributed by atoms with Crippen LogP contribution < -0.4 is 10.2 Å². The zero-order valence-electron chi connectivity index (χ0n) is 16.6. The summed E-state index contributed by atoms with van der Waals surface area (Å²) in [6.07, 6.45) is 7.63. The molecule has 2 aliphatic rings. The topological polar surface area (TPSA) is 69.7 Å². The predicted molar refractivity (Wildman–Crippen MR) is 109 cm³/mol. The van der Waals surface area contributed by atoms with Gasteiger partial charge in [0, 0.05) is 44.5 Å². The summed E-state index contributed by atoms with van der Waals surface area (Å²) in [5, 5.41) is 3.03. The van der Waals surface area contributed by atoms with Crippen LogP contribution in [0.3, 0.4) is 0 Å². The van der Waals surface area contributed by atoms with E-state index in [1.807, 2.05) is 37.2 Å². The highest BCUT2D eigenvalue weighted by atomic mass is 32.2. The van der Waals surface area contributed by atoms with Gasteiger partial charge < -0.3 is 10.2 Å². The van der Waals surface area contributed by atoms with E-state index in [4.69, 9.17) is 0 Å². The van der Waals surface area contributed by atoms with E-state index in [-0.39, 0.29) is 11.8 Å². The van der Waals surface area contributed by atoms with Gasteiger partial charge in [-0.2, -0.15) is 4.31 Å². The van der Waals surface area contributed by atoms with Gasteiger partial charge in [-0.1, -0.05) is 12.8 Å². The third-order valence-electron chi connectivity index (χ3n) is 5.53. The molecule has 0 atom stereocenters. The lowest BCUT2D eigenvalue weighted by Gasteiger charge is -2.24. The first-order valence-corrected chi connectivity index (χ1v) is 11.6. The summed E-state index contributed by atoms with van der Waals surface area (Å²) in [6.45, 7) is 0.903. The van der Waals surface area contributed by atoms with Crippen molar-refractivity contribution in [2.75, 3.05) is 37.1 Å². The summed E-state index contributed by atoms with van der Waals surface area (Å²) in [6, 6.07) is 5.78. The molecule has 7 heteroatoms. The van der Waals surface area contributed by atoms with E-state index in [9.17, 15) is 13.2 Å². The Hall–Kier alpha value is -1.60. The third kappa shape index (κ3) is 5.45. The van der Waals surface area contributed by atoms with Crippen LogP contribution in [-0.4, -0.2) is 45.5 Å². The van der Waals surface area contributed by atoms with Crippen LogP contribution >= 0.6 is 0 Å². The molecule has 1 aromatic rings. The Labute approximate surface area is 163 Å². The van der Waals surface area contributed by atoms with Gasteiger partial charge in [-0.25, -0.2) is 8.42 Å². The Kier molecular flexibility index (Phi) is 6.11. The van der Waals surface area contributed by atoms with Gasteiger partial charge >= 0.3 is 0 Å². The van der Waals surface area contributed by atoms with Crippen LogP contribution in [0.2, 0.25) is 0 Å². The van der Waals surface area contributed by atoms with Crippen LogP contribution in [0.5, 0.6) is 0 Å². The maximum atomic E-state index is 12.5. The molecule has 0 unspecified atom stereocenters. The Bertz CT molecular complexity index is 782.